The second-order valence-electron chi connectivity index (χ2n) is 4.43. The van der Waals surface area contributed by atoms with Gasteiger partial charge in [0.05, 0.1) is 5.75 Å². The van der Waals surface area contributed by atoms with E-state index in [9.17, 15) is 14.0 Å². The van der Waals surface area contributed by atoms with Gasteiger partial charge in [-0.15, -0.1) is 0 Å². The molecule has 1 heterocycles. The normalized spacial score (nSPS) is 10.4. The molecule has 0 aliphatic heterocycles. The Bertz CT molecular complexity index is 713. The van der Waals surface area contributed by atoms with Crippen molar-refractivity contribution in [3.05, 3.63) is 51.7 Å². The highest BCUT2D eigenvalue weighted by Crippen LogP contribution is 2.14. The van der Waals surface area contributed by atoms with Gasteiger partial charge >= 0.3 is 0 Å². The maximum atomic E-state index is 12.7. The Morgan fingerprint density at radius 2 is 2.00 bits per heavy atom. The van der Waals surface area contributed by atoms with E-state index in [0.29, 0.717) is 22.1 Å². The molecule has 5 nitrogen and oxygen atoms in total. The summed E-state index contributed by atoms with van der Waals surface area (Å²) in [5, 5.41) is 3.03. The molecule has 0 bridgehead atoms. The molecule has 0 saturated carbocycles. The molecule has 0 atom stereocenters. The van der Waals surface area contributed by atoms with Crippen molar-refractivity contribution in [3.63, 3.8) is 0 Å². The molecule has 2 aromatic rings. The Kier molecular flexibility index (Phi) is 4.74. The fourth-order valence-corrected chi connectivity index (χ4v) is 2.26. The number of aromatic amines is 1. The predicted octanol–water partition coefficient (Wildman–Crippen LogP) is 2.26. The summed E-state index contributed by atoms with van der Waals surface area (Å²) in [5.41, 5.74) is 1.52. The van der Waals surface area contributed by atoms with Crippen LogP contribution in [0.25, 0.3) is 0 Å². The first-order chi connectivity index (χ1) is 9.95. The van der Waals surface area contributed by atoms with Crippen LogP contribution >= 0.6 is 11.8 Å². The first kappa shape index (κ1) is 15.2. The van der Waals surface area contributed by atoms with Gasteiger partial charge in [0.25, 0.3) is 5.56 Å². The van der Waals surface area contributed by atoms with E-state index in [1.807, 2.05) is 0 Å². The van der Waals surface area contributed by atoms with Crippen molar-refractivity contribution in [2.24, 2.45) is 0 Å². The molecular formula is C14H14FN3O2S. The molecule has 0 saturated heterocycles. The molecule has 1 aromatic carbocycles. The number of halogens is 1. The zero-order chi connectivity index (χ0) is 15.4. The van der Waals surface area contributed by atoms with Crippen LogP contribution in [0.1, 0.15) is 11.3 Å². The van der Waals surface area contributed by atoms with E-state index in [0.717, 1.165) is 11.8 Å². The minimum absolute atomic E-state index is 0.100. The number of hydrogen-bond acceptors (Lipinski definition) is 4. The average Bonchev–Trinajstić information content (AvgIpc) is 2.45. The summed E-state index contributed by atoms with van der Waals surface area (Å²) in [6.45, 7) is 3.43. The van der Waals surface area contributed by atoms with Gasteiger partial charge in [0.2, 0.25) is 5.91 Å². The number of aryl methyl sites for hydroxylation is 1. The van der Waals surface area contributed by atoms with Crippen LogP contribution in [-0.2, 0) is 4.79 Å². The van der Waals surface area contributed by atoms with Crippen LogP contribution in [0.5, 0.6) is 0 Å². The third-order valence-electron chi connectivity index (χ3n) is 2.84. The number of nitrogens with one attached hydrogen (secondary N) is 2. The van der Waals surface area contributed by atoms with Gasteiger partial charge in [-0.1, -0.05) is 11.8 Å². The van der Waals surface area contributed by atoms with E-state index < -0.39 is 0 Å². The standard InChI is InChI=1S/C14H14FN3O2S/c1-8-9(2)16-14(18-13(8)20)21-7-12(19)17-11-5-3-10(15)4-6-11/h3-6H,7H2,1-2H3,(H,17,19)(H,16,18,20). The number of aromatic nitrogens is 2. The summed E-state index contributed by atoms with van der Waals surface area (Å²) < 4.78 is 12.7. The lowest BCUT2D eigenvalue weighted by molar-refractivity contribution is -0.113. The highest BCUT2D eigenvalue weighted by Gasteiger charge is 2.08. The van der Waals surface area contributed by atoms with E-state index in [-0.39, 0.29) is 23.0 Å². The average molecular weight is 307 g/mol. The molecule has 110 valence electrons. The van der Waals surface area contributed by atoms with E-state index in [2.05, 4.69) is 15.3 Å². The SMILES string of the molecule is Cc1nc(SCC(=O)Nc2ccc(F)cc2)[nH]c(=O)c1C. The van der Waals surface area contributed by atoms with Crippen LogP contribution in [0.4, 0.5) is 10.1 Å². The van der Waals surface area contributed by atoms with Crippen molar-refractivity contribution < 1.29 is 9.18 Å². The van der Waals surface area contributed by atoms with Crippen LogP contribution in [0.15, 0.2) is 34.2 Å². The van der Waals surface area contributed by atoms with E-state index in [1.165, 1.54) is 24.3 Å². The largest absolute Gasteiger partial charge is 0.325 e. The number of thioether (sulfide) groups is 1. The monoisotopic (exact) mass is 307 g/mol. The topological polar surface area (TPSA) is 74.8 Å². The molecule has 21 heavy (non-hydrogen) atoms. The minimum Gasteiger partial charge on any atom is -0.325 e. The molecule has 0 fully saturated rings. The number of nitrogens with zero attached hydrogens (tertiary/aromatic N) is 1. The first-order valence-corrected chi connectivity index (χ1v) is 7.20. The van der Waals surface area contributed by atoms with Crippen LogP contribution < -0.4 is 10.9 Å². The van der Waals surface area contributed by atoms with Gasteiger partial charge in [-0.2, -0.15) is 0 Å². The summed E-state index contributed by atoms with van der Waals surface area (Å²) in [4.78, 5) is 30.2. The molecule has 1 amide bonds. The van der Waals surface area contributed by atoms with Gasteiger partial charge in [-0.3, -0.25) is 9.59 Å². The molecule has 7 heteroatoms. The van der Waals surface area contributed by atoms with Crippen LogP contribution in [-0.4, -0.2) is 21.6 Å². The van der Waals surface area contributed by atoms with E-state index in [1.54, 1.807) is 13.8 Å². The van der Waals surface area contributed by atoms with Gasteiger partial charge in [-0.25, -0.2) is 9.37 Å². The highest BCUT2D eigenvalue weighted by atomic mass is 32.2. The van der Waals surface area contributed by atoms with Crippen molar-refractivity contribution in [3.8, 4) is 0 Å². The second-order valence-corrected chi connectivity index (χ2v) is 5.39. The fourth-order valence-electron chi connectivity index (χ4n) is 1.55. The Hall–Kier alpha value is -2.15. The Balaban J connectivity index is 1.95. The third-order valence-corrected chi connectivity index (χ3v) is 3.71. The summed E-state index contributed by atoms with van der Waals surface area (Å²) in [7, 11) is 0. The summed E-state index contributed by atoms with van der Waals surface area (Å²) in [5.74, 6) is -0.519. The maximum Gasteiger partial charge on any atom is 0.254 e. The Labute approximate surface area is 125 Å². The summed E-state index contributed by atoms with van der Waals surface area (Å²) in [6.07, 6.45) is 0. The zero-order valence-corrected chi connectivity index (χ0v) is 12.4. The number of amides is 1. The van der Waals surface area contributed by atoms with E-state index >= 15 is 0 Å². The van der Waals surface area contributed by atoms with Crippen molar-refractivity contribution in [1.82, 2.24) is 9.97 Å². The van der Waals surface area contributed by atoms with Gasteiger partial charge < -0.3 is 10.3 Å². The predicted molar refractivity (Wildman–Crippen MR) is 80.1 cm³/mol. The lowest BCUT2D eigenvalue weighted by atomic mass is 10.3. The molecule has 0 unspecified atom stereocenters. The molecule has 0 radical (unpaired) electrons. The third kappa shape index (κ3) is 4.16. The van der Waals surface area contributed by atoms with Gasteiger partial charge in [-0.05, 0) is 38.1 Å². The molecule has 2 N–H and O–H groups in total. The van der Waals surface area contributed by atoms with Crippen LogP contribution in [0.2, 0.25) is 0 Å². The quantitative estimate of drug-likeness (QED) is 0.671. The van der Waals surface area contributed by atoms with Gasteiger partial charge in [0.1, 0.15) is 5.82 Å². The van der Waals surface area contributed by atoms with Gasteiger partial charge in [0.15, 0.2) is 5.16 Å². The lowest BCUT2D eigenvalue weighted by Gasteiger charge is -2.05. The van der Waals surface area contributed by atoms with Crippen molar-refractivity contribution >= 4 is 23.4 Å². The first-order valence-electron chi connectivity index (χ1n) is 6.21. The number of benzene rings is 1. The lowest BCUT2D eigenvalue weighted by Crippen LogP contribution is -2.17. The highest BCUT2D eigenvalue weighted by molar-refractivity contribution is 7.99. The number of H-pyrrole nitrogens is 1. The molecule has 0 spiro atoms. The molecule has 0 aliphatic carbocycles. The van der Waals surface area contributed by atoms with Crippen LogP contribution in [0, 0.1) is 19.7 Å². The Morgan fingerprint density at radius 3 is 2.62 bits per heavy atom. The zero-order valence-electron chi connectivity index (χ0n) is 11.6. The van der Waals surface area contributed by atoms with Crippen molar-refractivity contribution in [2.75, 3.05) is 11.1 Å². The van der Waals surface area contributed by atoms with E-state index in [4.69, 9.17) is 0 Å². The van der Waals surface area contributed by atoms with Crippen LogP contribution in [0.3, 0.4) is 0 Å². The second kappa shape index (κ2) is 6.53. The number of rotatable bonds is 4. The number of carbonyl (C=O) groups excluding carboxylic acids is 1. The Morgan fingerprint density at radius 1 is 1.33 bits per heavy atom. The molecule has 0 aliphatic rings. The fraction of sp³-hybridized carbons (Fsp3) is 0.214. The summed E-state index contributed by atoms with van der Waals surface area (Å²) in [6, 6.07) is 5.50. The molecule has 1 aromatic heterocycles. The van der Waals surface area contributed by atoms with Crippen molar-refractivity contribution in [2.45, 2.75) is 19.0 Å². The minimum atomic E-state index is -0.362. The number of anilines is 1. The van der Waals surface area contributed by atoms with Gasteiger partial charge in [0, 0.05) is 16.9 Å². The summed E-state index contributed by atoms with van der Waals surface area (Å²) >= 11 is 1.14. The smallest absolute Gasteiger partial charge is 0.254 e. The molecular weight excluding hydrogens is 293 g/mol. The number of carbonyl (C=O) groups is 1. The molecule has 2 rings (SSSR count). The number of hydrogen-bond donors (Lipinski definition) is 2. The van der Waals surface area contributed by atoms with Crippen molar-refractivity contribution in [1.29, 1.82) is 0 Å². The maximum absolute atomic E-state index is 12.7.